The predicted molar refractivity (Wildman–Crippen MR) is 121 cm³/mol. The number of alkyl halides is 6. The van der Waals surface area contributed by atoms with Gasteiger partial charge in [0.05, 0.1) is 12.2 Å². The van der Waals surface area contributed by atoms with E-state index >= 15 is 0 Å². The van der Waals surface area contributed by atoms with Crippen molar-refractivity contribution in [2.24, 2.45) is 11.3 Å². The molecule has 0 bridgehead atoms. The van der Waals surface area contributed by atoms with E-state index < -0.39 is 49.4 Å². The second kappa shape index (κ2) is 13.1. The van der Waals surface area contributed by atoms with Gasteiger partial charge in [-0.05, 0) is 47.8 Å². The van der Waals surface area contributed by atoms with Crippen LogP contribution < -0.4 is 0 Å². The van der Waals surface area contributed by atoms with Crippen molar-refractivity contribution in [3.63, 3.8) is 0 Å². The summed E-state index contributed by atoms with van der Waals surface area (Å²) in [4.78, 5) is 35.0. The Hall–Kier alpha value is -2.79. The molecule has 1 unspecified atom stereocenters. The Labute approximate surface area is 211 Å². The average molecular weight is 543 g/mol. The van der Waals surface area contributed by atoms with E-state index in [1.807, 2.05) is 12.1 Å². The van der Waals surface area contributed by atoms with Crippen LogP contribution in [0.1, 0.15) is 75.7 Å². The highest BCUT2D eigenvalue weighted by Gasteiger charge is 2.59. The van der Waals surface area contributed by atoms with E-state index in [9.17, 15) is 40.7 Å². The first kappa shape index (κ1) is 32.2. The van der Waals surface area contributed by atoms with Gasteiger partial charge in [-0.1, -0.05) is 46.8 Å². The van der Waals surface area contributed by atoms with Crippen LogP contribution in [0.3, 0.4) is 0 Å². The van der Waals surface area contributed by atoms with Crippen LogP contribution in [0.4, 0.5) is 26.3 Å². The van der Waals surface area contributed by atoms with Gasteiger partial charge in [0, 0.05) is 6.42 Å². The van der Waals surface area contributed by atoms with E-state index in [1.54, 1.807) is 12.1 Å². The van der Waals surface area contributed by atoms with Gasteiger partial charge in [0.1, 0.15) is 0 Å². The molecule has 0 aliphatic carbocycles. The SMILES string of the molecule is CC(C)C(CC(C)(C)C)c1ccc(C(=O)OCCCC(=O)OCC(=O)OC(C(F)(F)F)C(F)(F)F)cc1. The molecule has 0 fully saturated rings. The molecule has 0 radical (unpaired) electrons. The number of ether oxygens (including phenoxy) is 3. The van der Waals surface area contributed by atoms with E-state index in [-0.39, 0.29) is 18.4 Å². The van der Waals surface area contributed by atoms with Gasteiger partial charge in [-0.25, -0.2) is 9.59 Å². The summed E-state index contributed by atoms with van der Waals surface area (Å²) in [6, 6.07) is 7.02. The molecule has 0 aromatic heterocycles. The van der Waals surface area contributed by atoms with Crippen molar-refractivity contribution in [3.8, 4) is 0 Å². The molecule has 0 aliphatic rings. The monoisotopic (exact) mass is 542 g/mol. The van der Waals surface area contributed by atoms with Gasteiger partial charge in [-0.3, -0.25) is 4.79 Å². The quantitative estimate of drug-likeness (QED) is 0.140. The van der Waals surface area contributed by atoms with E-state index in [0.29, 0.717) is 17.4 Å². The van der Waals surface area contributed by atoms with Crippen molar-refractivity contribution in [2.45, 2.75) is 78.3 Å². The minimum atomic E-state index is -5.87. The molecule has 0 saturated carbocycles. The number of benzene rings is 1. The third-order valence-corrected chi connectivity index (χ3v) is 5.16. The van der Waals surface area contributed by atoms with Crippen LogP contribution in [0.25, 0.3) is 0 Å². The maximum Gasteiger partial charge on any atom is 0.434 e. The highest BCUT2D eigenvalue weighted by Crippen LogP contribution is 2.37. The van der Waals surface area contributed by atoms with Gasteiger partial charge in [0.2, 0.25) is 0 Å². The molecule has 37 heavy (non-hydrogen) atoms. The van der Waals surface area contributed by atoms with Crippen LogP contribution in [-0.4, -0.2) is 49.6 Å². The molecular weight excluding hydrogens is 510 g/mol. The van der Waals surface area contributed by atoms with Crippen molar-refractivity contribution >= 4 is 17.9 Å². The van der Waals surface area contributed by atoms with E-state index in [1.165, 1.54) is 0 Å². The molecule has 0 amide bonds. The molecule has 1 atom stereocenters. The Balaban J connectivity index is 2.47. The Kier molecular flexibility index (Phi) is 11.4. The van der Waals surface area contributed by atoms with Crippen LogP contribution in [-0.2, 0) is 23.8 Å². The molecule has 0 aliphatic heterocycles. The fourth-order valence-electron chi connectivity index (χ4n) is 3.43. The summed E-state index contributed by atoms with van der Waals surface area (Å²) in [5, 5.41) is 0. The lowest BCUT2D eigenvalue weighted by Crippen LogP contribution is -2.46. The van der Waals surface area contributed by atoms with Crippen molar-refractivity contribution < 1.29 is 54.9 Å². The average Bonchev–Trinajstić information content (AvgIpc) is 2.75. The first-order valence-corrected chi connectivity index (χ1v) is 11.6. The van der Waals surface area contributed by atoms with Crippen molar-refractivity contribution in [1.29, 1.82) is 0 Å². The van der Waals surface area contributed by atoms with Gasteiger partial charge >= 0.3 is 30.3 Å². The largest absolute Gasteiger partial charge is 0.462 e. The number of esters is 3. The third kappa shape index (κ3) is 11.9. The molecule has 210 valence electrons. The van der Waals surface area contributed by atoms with Crippen molar-refractivity contribution in [3.05, 3.63) is 35.4 Å². The smallest absolute Gasteiger partial charge is 0.434 e. The van der Waals surface area contributed by atoms with Gasteiger partial charge in [-0.15, -0.1) is 0 Å². The fourth-order valence-corrected chi connectivity index (χ4v) is 3.43. The highest BCUT2D eigenvalue weighted by atomic mass is 19.4. The first-order chi connectivity index (χ1) is 16.8. The topological polar surface area (TPSA) is 78.9 Å². The highest BCUT2D eigenvalue weighted by molar-refractivity contribution is 5.89. The summed E-state index contributed by atoms with van der Waals surface area (Å²) in [7, 11) is 0. The molecule has 6 nitrogen and oxygen atoms in total. The van der Waals surface area contributed by atoms with Crippen LogP contribution >= 0.6 is 0 Å². The van der Waals surface area contributed by atoms with Crippen molar-refractivity contribution in [2.75, 3.05) is 13.2 Å². The zero-order chi connectivity index (χ0) is 28.6. The third-order valence-electron chi connectivity index (χ3n) is 5.16. The van der Waals surface area contributed by atoms with Crippen LogP contribution in [0, 0.1) is 11.3 Å². The predicted octanol–water partition coefficient (Wildman–Crippen LogP) is 6.38. The normalized spacial score (nSPS) is 13.4. The van der Waals surface area contributed by atoms with Gasteiger partial charge in [-0.2, -0.15) is 26.3 Å². The second-order valence-corrected chi connectivity index (χ2v) is 10.1. The Bertz CT molecular complexity index is 886. The Morgan fingerprint density at radius 1 is 0.838 bits per heavy atom. The minimum absolute atomic E-state index is 0.0492. The summed E-state index contributed by atoms with van der Waals surface area (Å²) in [5.74, 6) is -3.03. The van der Waals surface area contributed by atoms with Gasteiger partial charge in [0.15, 0.2) is 6.61 Å². The maximum absolute atomic E-state index is 12.4. The van der Waals surface area contributed by atoms with E-state index in [4.69, 9.17) is 4.74 Å². The molecular formula is C25H32F6O6. The summed E-state index contributed by atoms with van der Waals surface area (Å²) in [6.45, 7) is 9.11. The van der Waals surface area contributed by atoms with E-state index in [2.05, 4.69) is 44.1 Å². The molecule has 0 heterocycles. The lowest BCUT2D eigenvalue weighted by Gasteiger charge is -2.29. The Morgan fingerprint density at radius 3 is 1.84 bits per heavy atom. The van der Waals surface area contributed by atoms with E-state index in [0.717, 1.165) is 12.0 Å². The minimum Gasteiger partial charge on any atom is -0.462 e. The molecule has 0 spiro atoms. The number of hydrogen-bond acceptors (Lipinski definition) is 6. The number of carbonyl (C=O) groups is 3. The van der Waals surface area contributed by atoms with Crippen LogP contribution in [0.5, 0.6) is 0 Å². The number of halogens is 6. The molecule has 1 aromatic rings. The van der Waals surface area contributed by atoms with Crippen LogP contribution in [0.15, 0.2) is 24.3 Å². The summed E-state index contributed by atoms with van der Waals surface area (Å²) < 4.78 is 87.0. The van der Waals surface area contributed by atoms with Crippen molar-refractivity contribution in [1.82, 2.24) is 0 Å². The number of carbonyl (C=O) groups excluding carboxylic acids is 3. The number of hydrogen-bond donors (Lipinski definition) is 0. The zero-order valence-electron chi connectivity index (χ0n) is 21.3. The number of rotatable bonds is 11. The molecule has 0 N–H and O–H groups in total. The lowest BCUT2D eigenvalue weighted by atomic mass is 9.76. The molecule has 1 rings (SSSR count). The fraction of sp³-hybridized carbons (Fsp3) is 0.640. The van der Waals surface area contributed by atoms with Gasteiger partial charge < -0.3 is 14.2 Å². The summed E-state index contributed by atoms with van der Waals surface area (Å²) >= 11 is 0. The first-order valence-electron chi connectivity index (χ1n) is 11.6. The molecule has 1 aromatic carbocycles. The second-order valence-electron chi connectivity index (χ2n) is 10.1. The maximum atomic E-state index is 12.4. The van der Waals surface area contributed by atoms with Crippen LogP contribution in [0.2, 0.25) is 0 Å². The molecule has 12 heteroatoms. The lowest BCUT2D eigenvalue weighted by molar-refractivity contribution is -0.313. The summed E-state index contributed by atoms with van der Waals surface area (Å²) in [6.07, 6.45) is -15.5. The zero-order valence-corrected chi connectivity index (χ0v) is 21.3. The standard InChI is InChI=1S/C25H32F6O6/c1-15(2)18(13-23(3,4)5)16-8-10-17(11-9-16)21(34)35-12-6-7-19(32)36-14-20(33)37-22(24(26,27)28)25(29,30)31/h8-11,15,18,22H,6-7,12-14H2,1-5H3. The Morgan fingerprint density at radius 2 is 1.38 bits per heavy atom. The van der Waals surface area contributed by atoms with Gasteiger partial charge in [0.25, 0.3) is 6.10 Å². The summed E-state index contributed by atoms with van der Waals surface area (Å²) in [5.41, 5.74) is 1.53. The molecule has 0 saturated heterocycles.